The lowest BCUT2D eigenvalue weighted by Gasteiger charge is -2.28. The number of hydrogen-bond donors (Lipinski definition) is 2. The second-order valence-electron chi connectivity index (χ2n) is 5.55. The minimum absolute atomic E-state index is 0.106. The third-order valence-corrected chi connectivity index (χ3v) is 5.36. The molecule has 1 heterocycles. The molecule has 3 rings (SSSR count). The zero-order chi connectivity index (χ0) is 15.5. The highest BCUT2D eigenvalue weighted by atomic mass is 32.2. The van der Waals surface area contributed by atoms with Crippen molar-refractivity contribution in [3.05, 3.63) is 42.0 Å². The molecule has 116 valence electrons. The molecule has 1 saturated heterocycles. The van der Waals surface area contributed by atoms with Crippen LogP contribution in [-0.4, -0.2) is 42.3 Å². The van der Waals surface area contributed by atoms with Gasteiger partial charge >= 0.3 is 5.97 Å². The Morgan fingerprint density at radius 3 is 3.00 bits per heavy atom. The van der Waals surface area contributed by atoms with Crippen LogP contribution in [-0.2, 0) is 16.1 Å². The summed E-state index contributed by atoms with van der Waals surface area (Å²) in [5.74, 6) is 1.11. The molecule has 2 aromatic carbocycles. The molecular weight excluding hydrogens is 298 g/mol. The average molecular weight is 318 g/mol. The predicted molar refractivity (Wildman–Crippen MR) is 88.3 cm³/mol. The SMILES string of the molecule is COC(=O)[C@H]1C[NH+](Cc2c(O)ccc3ccccc23)CCS1. The number of thioether (sulfide) groups is 1. The van der Waals surface area contributed by atoms with Gasteiger partial charge in [-0.2, -0.15) is 0 Å². The van der Waals surface area contributed by atoms with Crippen molar-refractivity contribution < 1.29 is 19.5 Å². The Balaban J connectivity index is 1.84. The lowest BCUT2D eigenvalue weighted by Crippen LogP contribution is -3.13. The largest absolute Gasteiger partial charge is 0.507 e. The maximum atomic E-state index is 11.7. The molecule has 2 N–H and O–H groups in total. The van der Waals surface area contributed by atoms with Crippen LogP contribution in [0.5, 0.6) is 5.75 Å². The minimum atomic E-state index is -0.149. The number of carbonyl (C=O) groups is 1. The van der Waals surface area contributed by atoms with Crippen LogP contribution in [0.2, 0.25) is 0 Å². The molecular formula is C17H20NO3S+. The Bertz CT molecular complexity index is 689. The van der Waals surface area contributed by atoms with Crippen LogP contribution in [0.15, 0.2) is 36.4 Å². The molecule has 2 aromatic rings. The Hall–Kier alpha value is -1.72. The number of hydrogen-bond acceptors (Lipinski definition) is 4. The third kappa shape index (κ3) is 3.05. The van der Waals surface area contributed by atoms with Crippen molar-refractivity contribution in [1.82, 2.24) is 0 Å². The number of quaternary nitrogens is 1. The van der Waals surface area contributed by atoms with Gasteiger partial charge in [-0.05, 0) is 16.8 Å². The van der Waals surface area contributed by atoms with Crippen molar-refractivity contribution in [2.45, 2.75) is 11.8 Å². The number of rotatable bonds is 3. The number of phenols is 1. The van der Waals surface area contributed by atoms with Crippen molar-refractivity contribution in [3.63, 3.8) is 0 Å². The quantitative estimate of drug-likeness (QED) is 0.836. The van der Waals surface area contributed by atoms with Crippen LogP contribution in [0.1, 0.15) is 5.56 Å². The molecule has 1 aliphatic heterocycles. The maximum absolute atomic E-state index is 11.7. The van der Waals surface area contributed by atoms with E-state index in [0.29, 0.717) is 5.75 Å². The first-order valence-corrected chi connectivity index (χ1v) is 8.46. The fraction of sp³-hybridized carbons (Fsp3) is 0.353. The van der Waals surface area contributed by atoms with Gasteiger partial charge in [0.25, 0.3) is 0 Å². The second kappa shape index (κ2) is 6.58. The molecule has 0 aliphatic carbocycles. The number of ether oxygens (including phenoxy) is 1. The van der Waals surface area contributed by atoms with Gasteiger partial charge in [-0.1, -0.05) is 30.3 Å². The van der Waals surface area contributed by atoms with E-state index >= 15 is 0 Å². The van der Waals surface area contributed by atoms with Crippen molar-refractivity contribution in [2.75, 3.05) is 26.0 Å². The van der Waals surface area contributed by atoms with Crippen LogP contribution in [0.3, 0.4) is 0 Å². The topological polar surface area (TPSA) is 51.0 Å². The smallest absolute Gasteiger partial charge is 0.324 e. The van der Waals surface area contributed by atoms with Gasteiger partial charge in [0.05, 0.1) is 19.2 Å². The third-order valence-electron chi connectivity index (χ3n) is 4.16. The molecule has 1 aliphatic rings. The van der Waals surface area contributed by atoms with Crippen LogP contribution in [0.25, 0.3) is 10.8 Å². The van der Waals surface area contributed by atoms with Gasteiger partial charge in [0.15, 0.2) is 5.25 Å². The first-order chi connectivity index (χ1) is 10.7. The van der Waals surface area contributed by atoms with Gasteiger partial charge in [0.1, 0.15) is 18.8 Å². The van der Waals surface area contributed by atoms with Gasteiger partial charge in [-0.3, -0.25) is 4.79 Å². The molecule has 0 aromatic heterocycles. The van der Waals surface area contributed by atoms with E-state index < -0.39 is 0 Å². The summed E-state index contributed by atoms with van der Waals surface area (Å²) in [4.78, 5) is 13.0. The van der Waals surface area contributed by atoms with Crippen LogP contribution >= 0.6 is 11.8 Å². The number of esters is 1. The van der Waals surface area contributed by atoms with E-state index in [1.807, 2.05) is 24.3 Å². The highest BCUT2D eigenvalue weighted by molar-refractivity contribution is 8.00. The van der Waals surface area contributed by atoms with E-state index in [1.54, 1.807) is 17.8 Å². The number of carbonyl (C=O) groups excluding carboxylic acids is 1. The van der Waals surface area contributed by atoms with Crippen LogP contribution in [0, 0.1) is 0 Å². The van der Waals surface area contributed by atoms with Gasteiger partial charge < -0.3 is 14.7 Å². The lowest BCUT2D eigenvalue weighted by atomic mass is 10.0. The highest BCUT2D eigenvalue weighted by Gasteiger charge is 2.30. The first kappa shape index (κ1) is 15.2. The van der Waals surface area contributed by atoms with Gasteiger partial charge in [0.2, 0.25) is 0 Å². The fourth-order valence-corrected chi connectivity index (χ4v) is 4.25. The van der Waals surface area contributed by atoms with E-state index in [9.17, 15) is 9.90 Å². The summed E-state index contributed by atoms with van der Waals surface area (Å²) in [5.41, 5.74) is 0.962. The zero-order valence-electron chi connectivity index (χ0n) is 12.5. The molecule has 0 spiro atoms. The van der Waals surface area contributed by atoms with Gasteiger partial charge in [-0.15, -0.1) is 11.8 Å². The van der Waals surface area contributed by atoms with E-state index in [-0.39, 0.29) is 11.2 Å². The van der Waals surface area contributed by atoms with Crippen molar-refractivity contribution in [1.29, 1.82) is 0 Å². The first-order valence-electron chi connectivity index (χ1n) is 7.41. The van der Waals surface area contributed by atoms with E-state index in [2.05, 4.69) is 6.07 Å². The summed E-state index contributed by atoms with van der Waals surface area (Å²) in [5, 5.41) is 12.4. The molecule has 0 radical (unpaired) electrons. The van der Waals surface area contributed by atoms with Crippen molar-refractivity contribution >= 4 is 28.5 Å². The Labute approximate surface area is 134 Å². The summed E-state index contributed by atoms with van der Waals surface area (Å²) >= 11 is 1.66. The summed E-state index contributed by atoms with van der Waals surface area (Å²) in [6, 6.07) is 11.8. The summed E-state index contributed by atoms with van der Waals surface area (Å²) in [7, 11) is 1.44. The molecule has 2 atom stereocenters. The summed E-state index contributed by atoms with van der Waals surface area (Å²) in [6.45, 7) is 2.45. The summed E-state index contributed by atoms with van der Waals surface area (Å²) < 4.78 is 4.86. The van der Waals surface area contributed by atoms with E-state index in [0.717, 1.165) is 41.7 Å². The normalized spacial score (nSPS) is 21.7. The molecule has 22 heavy (non-hydrogen) atoms. The van der Waals surface area contributed by atoms with Crippen LogP contribution < -0.4 is 4.90 Å². The Morgan fingerprint density at radius 2 is 2.18 bits per heavy atom. The molecule has 4 nitrogen and oxygen atoms in total. The van der Waals surface area contributed by atoms with E-state index in [4.69, 9.17) is 4.74 Å². The molecule has 0 bridgehead atoms. The number of fused-ring (bicyclic) bond motifs is 1. The van der Waals surface area contributed by atoms with Gasteiger partial charge in [-0.25, -0.2) is 0 Å². The Morgan fingerprint density at radius 1 is 1.36 bits per heavy atom. The molecule has 1 fully saturated rings. The minimum Gasteiger partial charge on any atom is -0.507 e. The lowest BCUT2D eigenvalue weighted by molar-refractivity contribution is -0.911. The second-order valence-corrected chi connectivity index (χ2v) is 6.86. The number of benzene rings is 2. The van der Waals surface area contributed by atoms with Crippen molar-refractivity contribution in [2.24, 2.45) is 0 Å². The number of methoxy groups -OCH3 is 1. The fourth-order valence-electron chi connectivity index (χ4n) is 2.97. The standard InChI is InChI=1S/C17H19NO3S/c1-21-17(20)16-11-18(8-9-22-16)10-14-13-5-3-2-4-12(13)6-7-15(14)19/h2-7,16,19H,8-11H2,1H3/p+1/t16-/m1/s1. The highest BCUT2D eigenvalue weighted by Crippen LogP contribution is 2.26. The molecule has 0 saturated carbocycles. The van der Waals surface area contributed by atoms with Gasteiger partial charge in [0, 0.05) is 5.75 Å². The van der Waals surface area contributed by atoms with Crippen LogP contribution in [0.4, 0.5) is 0 Å². The number of aromatic hydroxyl groups is 1. The zero-order valence-corrected chi connectivity index (χ0v) is 13.4. The Kier molecular flexibility index (Phi) is 4.55. The number of phenolic OH excluding ortho intramolecular Hbond substituents is 1. The average Bonchev–Trinajstić information content (AvgIpc) is 2.57. The maximum Gasteiger partial charge on any atom is 0.324 e. The molecule has 0 amide bonds. The predicted octanol–water partition coefficient (Wildman–Crippen LogP) is 1.22. The monoisotopic (exact) mass is 318 g/mol. The number of nitrogens with one attached hydrogen (secondary N) is 1. The summed E-state index contributed by atoms with van der Waals surface area (Å²) in [6.07, 6.45) is 0. The van der Waals surface area contributed by atoms with E-state index in [1.165, 1.54) is 12.0 Å². The molecule has 5 heteroatoms. The van der Waals surface area contributed by atoms with Crippen molar-refractivity contribution in [3.8, 4) is 5.75 Å². The molecule has 1 unspecified atom stereocenters.